The van der Waals surface area contributed by atoms with Gasteiger partial charge in [0.05, 0.1) is 12.8 Å². The van der Waals surface area contributed by atoms with Gasteiger partial charge < -0.3 is 10.1 Å². The molecule has 0 aliphatic heterocycles. The lowest BCUT2D eigenvalue weighted by molar-refractivity contribution is -0.146. The highest BCUT2D eigenvalue weighted by molar-refractivity contribution is 6.30. The van der Waals surface area contributed by atoms with Crippen LogP contribution in [0.15, 0.2) is 54.6 Å². The number of ether oxygens (including phenoxy) is 1. The van der Waals surface area contributed by atoms with Gasteiger partial charge in [-0.15, -0.1) is 0 Å². The number of hydrogen-bond donors (Lipinski definition) is 1. The van der Waals surface area contributed by atoms with Crippen LogP contribution < -0.4 is 5.32 Å². The van der Waals surface area contributed by atoms with Crippen molar-refractivity contribution in [2.45, 2.75) is 25.9 Å². The Bertz CT molecular complexity index is 759. The SMILES string of the molecule is CC(OC(=O)CCNC(=O)Cc1ccccc1)C(=O)c1ccc(Cl)cc1. The third-order valence-corrected chi connectivity index (χ3v) is 3.92. The van der Waals surface area contributed by atoms with Gasteiger partial charge in [-0.1, -0.05) is 41.9 Å². The lowest BCUT2D eigenvalue weighted by atomic mass is 10.1. The van der Waals surface area contributed by atoms with Gasteiger partial charge in [0, 0.05) is 17.1 Å². The molecule has 1 atom stereocenters. The number of halogens is 1. The van der Waals surface area contributed by atoms with E-state index in [2.05, 4.69) is 5.32 Å². The van der Waals surface area contributed by atoms with Gasteiger partial charge in [-0.3, -0.25) is 14.4 Å². The molecule has 0 saturated carbocycles. The van der Waals surface area contributed by atoms with E-state index < -0.39 is 12.1 Å². The van der Waals surface area contributed by atoms with Gasteiger partial charge >= 0.3 is 5.97 Å². The second-order valence-corrected chi connectivity index (χ2v) is 6.20. The van der Waals surface area contributed by atoms with Gasteiger partial charge in [-0.2, -0.15) is 0 Å². The van der Waals surface area contributed by atoms with Crippen LogP contribution in [0.4, 0.5) is 0 Å². The summed E-state index contributed by atoms with van der Waals surface area (Å²) in [6.07, 6.45) is -0.649. The minimum Gasteiger partial charge on any atom is -0.454 e. The van der Waals surface area contributed by atoms with Crippen LogP contribution in [0, 0.1) is 0 Å². The van der Waals surface area contributed by atoms with Crippen molar-refractivity contribution in [3.63, 3.8) is 0 Å². The fraction of sp³-hybridized carbons (Fsp3) is 0.250. The Morgan fingerprint density at radius 2 is 1.69 bits per heavy atom. The van der Waals surface area contributed by atoms with Gasteiger partial charge in [-0.25, -0.2) is 0 Å². The molecule has 5 nitrogen and oxygen atoms in total. The Kier molecular flexibility index (Phi) is 7.36. The van der Waals surface area contributed by atoms with E-state index in [1.54, 1.807) is 24.3 Å². The molecule has 2 aromatic carbocycles. The minimum absolute atomic E-state index is 0.00122. The zero-order valence-corrected chi connectivity index (χ0v) is 15.2. The Morgan fingerprint density at radius 1 is 1.04 bits per heavy atom. The molecule has 2 aromatic rings. The first-order chi connectivity index (χ1) is 12.5. The van der Waals surface area contributed by atoms with Crippen molar-refractivity contribution in [2.75, 3.05) is 6.54 Å². The van der Waals surface area contributed by atoms with E-state index in [1.165, 1.54) is 6.92 Å². The van der Waals surface area contributed by atoms with Crippen LogP contribution in [0.1, 0.15) is 29.3 Å². The molecule has 26 heavy (non-hydrogen) atoms. The quantitative estimate of drug-likeness (QED) is 0.569. The lowest BCUT2D eigenvalue weighted by Crippen LogP contribution is -2.30. The Hall–Kier alpha value is -2.66. The molecule has 0 spiro atoms. The Balaban J connectivity index is 1.71. The molecule has 0 bridgehead atoms. The first kappa shape index (κ1) is 19.7. The maximum Gasteiger partial charge on any atom is 0.308 e. The van der Waals surface area contributed by atoms with E-state index >= 15 is 0 Å². The first-order valence-corrected chi connectivity index (χ1v) is 8.63. The summed E-state index contributed by atoms with van der Waals surface area (Å²) in [6.45, 7) is 1.68. The van der Waals surface area contributed by atoms with Crippen molar-refractivity contribution in [1.82, 2.24) is 5.32 Å². The number of ketones is 1. The van der Waals surface area contributed by atoms with Crippen molar-refractivity contribution >= 4 is 29.3 Å². The third-order valence-electron chi connectivity index (χ3n) is 3.66. The summed E-state index contributed by atoms with van der Waals surface area (Å²) in [7, 11) is 0. The maximum absolute atomic E-state index is 12.2. The molecule has 1 amide bonds. The van der Waals surface area contributed by atoms with Gasteiger partial charge in [0.15, 0.2) is 6.10 Å². The predicted octanol–water partition coefficient (Wildman–Crippen LogP) is 3.20. The predicted molar refractivity (Wildman–Crippen MR) is 99.1 cm³/mol. The Labute approximate surface area is 157 Å². The highest BCUT2D eigenvalue weighted by atomic mass is 35.5. The second kappa shape index (κ2) is 9.73. The van der Waals surface area contributed by atoms with Crippen molar-refractivity contribution in [2.24, 2.45) is 0 Å². The van der Waals surface area contributed by atoms with Crippen LogP contribution in [0.3, 0.4) is 0 Å². The molecule has 1 N–H and O–H groups in total. The molecule has 0 heterocycles. The van der Waals surface area contributed by atoms with Crippen LogP contribution in [0.5, 0.6) is 0 Å². The van der Waals surface area contributed by atoms with E-state index in [1.807, 2.05) is 30.3 Å². The number of amides is 1. The smallest absolute Gasteiger partial charge is 0.308 e. The highest BCUT2D eigenvalue weighted by Gasteiger charge is 2.19. The molecule has 0 aromatic heterocycles. The zero-order chi connectivity index (χ0) is 18.9. The number of nitrogens with one attached hydrogen (secondary N) is 1. The minimum atomic E-state index is -0.899. The van der Waals surface area contributed by atoms with Gasteiger partial charge in [0.2, 0.25) is 11.7 Å². The lowest BCUT2D eigenvalue weighted by Gasteiger charge is -2.12. The first-order valence-electron chi connectivity index (χ1n) is 8.25. The molecule has 0 aliphatic carbocycles. The van der Waals surface area contributed by atoms with Crippen molar-refractivity contribution in [1.29, 1.82) is 0 Å². The van der Waals surface area contributed by atoms with Crippen molar-refractivity contribution in [3.05, 3.63) is 70.7 Å². The fourth-order valence-electron chi connectivity index (χ4n) is 2.31. The van der Waals surface area contributed by atoms with Gasteiger partial charge in [-0.05, 0) is 36.8 Å². The number of esters is 1. The van der Waals surface area contributed by atoms with Crippen LogP contribution in [0.2, 0.25) is 5.02 Å². The topological polar surface area (TPSA) is 72.5 Å². The van der Waals surface area contributed by atoms with E-state index in [0.717, 1.165) is 5.56 Å². The summed E-state index contributed by atoms with van der Waals surface area (Å²) < 4.78 is 5.12. The Morgan fingerprint density at radius 3 is 2.35 bits per heavy atom. The summed E-state index contributed by atoms with van der Waals surface area (Å²) in [6, 6.07) is 15.7. The number of rotatable bonds is 8. The van der Waals surface area contributed by atoms with E-state index in [0.29, 0.717) is 10.6 Å². The summed E-state index contributed by atoms with van der Waals surface area (Å²) in [5.74, 6) is -1.02. The largest absolute Gasteiger partial charge is 0.454 e. The molecule has 0 saturated heterocycles. The fourth-order valence-corrected chi connectivity index (χ4v) is 2.43. The summed E-state index contributed by atoms with van der Waals surface area (Å²) in [5, 5.41) is 3.19. The van der Waals surface area contributed by atoms with Crippen molar-refractivity contribution in [3.8, 4) is 0 Å². The van der Waals surface area contributed by atoms with Gasteiger partial charge in [0.1, 0.15) is 0 Å². The molecule has 0 radical (unpaired) electrons. The highest BCUT2D eigenvalue weighted by Crippen LogP contribution is 2.12. The van der Waals surface area contributed by atoms with Crippen molar-refractivity contribution < 1.29 is 19.1 Å². The standard InChI is InChI=1S/C20H20ClNO4/c1-14(20(25)16-7-9-17(21)10-8-16)26-19(24)11-12-22-18(23)13-15-5-3-2-4-6-15/h2-10,14H,11-13H2,1H3,(H,22,23). The van der Waals surface area contributed by atoms with Crippen LogP contribution in [-0.2, 0) is 20.7 Å². The molecule has 2 rings (SSSR count). The molecule has 136 valence electrons. The molecule has 6 heteroatoms. The van der Waals surface area contributed by atoms with Crippen LogP contribution >= 0.6 is 11.6 Å². The third kappa shape index (κ3) is 6.33. The molecule has 0 fully saturated rings. The van der Waals surface area contributed by atoms with Gasteiger partial charge in [0.25, 0.3) is 0 Å². The van der Waals surface area contributed by atoms with E-state index in [-0.39, 0.29) is 31.1 Å². The molecular formula is C20H20ClNO4. The van der Waals surface area contributed by atoms with Crippen LogP contribution in [-0.4, -0.2) is 30.3 Å². The average Bonchev–Trinajstić information content (AvgIpc) is 2.62. The monoisotopic (exact) mass is 373 g/mol. The zero-order valence-electron chi connectivity index (χ0n) is 14.4. The molecule has 1 unspecified atom stereocenters. The number of carbonyl (C=O) groups is 3. The van der Waals surface area contributed by atoms with E-state index in [9.17, 15) is 14.4 Å². The van der Waals surface area contributed by atoms with E-state index in [4.69, 9.17) is 16.3 Å². The number of benzene rings is 2. The maximum atomic E-state index is 12.2. The molecular weight excluding hydrogens is 354 g/mol. The summed E-state index contributed by atoms with van der Waals surface area (Å²) in [5.41, 5.74) is 1.32. The number of carbonyl (C=O) groups excluding carboxylic acids is 3. The summed E-state index contributed by atoms with van der Waals surface area (Å²) >= 11 is 5.78. The normalized spacial score (nSPS) is 11.5. The average molecular weight is 374 g/mol. The van der Waals surface area contributed by atoms with Crippen LogP contribution in [0.25, 0.3) is 0 Å². The summed E-state index contributed by atoms with van der Waals surface area (Å²) in [4.78, 5) is 35.8. The number of hydrogen-bond acceptors (Lipinski definition) is 4. The second-order valence-electron chi connectivity index (χ2n) is 5.77. The number of Topliss-reactive ketones (excluding diaryl/α,β-unsaturated/α-hetero) is 1. The molecule has 0 aliphatic rings.